The van der Waals surface area contributed by atoms with Gasteiger partial charge in [-0.3, -0.25) is 4.79 Å². The van der Waals surface area contributed by atoms with Crippen LogP contribution >= 0.6 is 11.3 Å². The highest BCUT2D eigenvalue weighted by molar-refractivity contribution is 7.93. The van der Waals surface area contributed by atoms with Crippen LogP contribution < -0.4 is 10.1 Å². The van der Waals surface area contributed by atoms with E-state index in [-0.39, 0.29) is 22.4 Å². The maximum Gasteiger partial charge on any atom is 0.251 e. The predicted molar refractivity (Wildman–Crippen MR) is 98.3 cm³/mol. The van der Waals surface area contributed by atoms with Gasteiger partial charge in [0.05, 0.1) is 13.4 Å². The molecule has 0 spiro atoms. The van der Waals surface area contributed by atoms with Gasteiger partial charge in [0.1, 0.15) is 21.0 Å². The minimum Gasteiger partial charge on any atom is -0.497 e. The molecule has 0 saturated carbocycles. The Morgan fingerprint density at radius 2 is 1.96 bits per heavy atom. The number of rotatable bonds is 7. The van der Waals surface area contributed by atoms with Crippen LogP contribution in [0.25, 0.3) is 0 Å². The molecule has 6 nitrogen and oxygen atoms in total. The summed E-state index contributed by atoms with van der Waals surface area (Å²) in [6, 6.07) is 13.0. The Morgan fingerprint density at radius 1 is 1.19 bits per heavy atom. The van der Waals surface area contributed by atoms with Crippen molar-refractivity contribution in [2.75, 3.05) is 13.7 Å². The van der Waals surface area contributed by atoms with E-state index in [1.807, 2.05) is 0 Å². The molecule has 0 unspecified atom stereocenters. The minimum atomic E-state index is -3.68. The summed E-state index contributed by atoms with van der Waals surface area (Å²) in [6.07, 6.45) is 1.41. The van der Waals surface area contributed by atoms with Gasteiger partial charge in [-0.25, -0.2) is 8.42 Å². The lowest BCUT2D eigenvalue weighted by molar-refractivity contribution is 0.0953. The topological polar surface area (TPSA) is 85.6 Å². The molecule has 0 aliphatic heterocycles. The van der Waals surface area contributed by atoms with E-state index in [1.54, 1.807) is 61.0 Å². The van der Waals surface area contributed by atoms with Gasteiger partial charge in [0.25, 0.3) is 5.91 Å². The number of sulfone groups is 1. The van der Waals surface area contributed by atoms with Crippen LogP contribution in [0.4, 0.5) is 0 Å². The van der Waals surface area contributed by atoms with E-state index >= 15 is 0 Å². The molecule has 1 aromatic carbocycles. The Morgan fingerprint density at radius 3 is 2.54 bits per heavy atom. The summed E-state index contributed by atoms with van der Waals surface area (Å²) in [5.74, 6) is 0.550. The average Bonchev–Trinajstić information content (AvgIpc) is 3.36. The highest BCUT2D eigenvalue weighted by Gasteiger charge is 2.32. The first kappa shape index (κ1) is 18.2. The van der Waals surface area contributed by atoms with Gasteiger partial charge in [0.15, 0.2) is 9.84 Å². The fourth-order valence-electron chi connectivity index (χ4n) is 2.43. The van der Waals surface area contributed by atoms with E-state index in [0.717, 1.165) is 11.3 Å². The van der Waals surface area contributed by atoms with Crippen LogP contribution in [0.5, 0.6) is 5.75 Å². The first-order chi connectivity index (χ1) is 12.5. The number of carbonyl (C=O) groups is 1. The number of hydrogen-bond acceptors (Lipinski definition) is 6. The third-order valence-electron chi connectivity index (χ3n) is 3.81. The average molecular weight is 391 g/mol. The first-order valence-electron chi connectivity index (χ1n) is 7.75. The van der Waals surface area contributed by atoms with Crippen molar-refractivity contribution >= 4 is 27.1 Å². The second-order valence-corrected chi connectivity index (χ2v) is 8.72. The molecule has 2 aromatic heterocycles. The molecule has 3 rings (SSSR count). The number of methoxy groups -OCH3 is 1. The van der Waals surface area contributed by atoms with Gasteiger partial charge < -0.3 is 14.5 Å². The Kier molecular flexibility index (Phi) is 5.43. The Labute approximate surface area is 155 Å². The van der Waals surface area contributed by atoms with Crippen LogP contribution in [0.1, 0.15) is 21.4 Å². The molecule has 3 aromatic rings. The summed E-state index contributed by atoms with van der Waals surface area (Å²) in [5, 5.41) is 3.37. The van der Waals surface area contributed by atoms with Crippen LogP contribution in [-0.4, -0.2) is 28.0 Å². The van der Waals surface area contributed by atoms with Crippen molar-refractivity contribution in [1.82, 2.24) is 5.32 Å². The van der Waals surface area contributed by atoms with E-state index in [1.165, 1.54) is 6.26 Å². The molecule has 1 amide bonds. The molecule has 2 heterocycles. The van der Waals surface area contributed by atoms with Crippen LogP contribution in [0.15, 0.2) is 68.8 Å². The van der Waals surface area contributed by atoms with Gasteiger partial charge in [-0.1, -0.05) is 6.07 Å². The molecule has 26 heavy (non-hydrogen) atoms. The fourth-order valence-corrected chi connectivity index (χ4v) is 5.22. The van der Waals surface area contributed by atoms with E-state index < -0.39 is 15.1 Å². The summed E-state index contributed by atoms with van der Waals surface area (Å²) >= 11 is 1.13. The summed E-state index contributed by atoms with van der Waals surface area (Å²) in [7, 11) is -2.14. The van der Waals surface area contributed by atoms with Gasteiger partial charge >= 0.3 is 0 Å². The lowest BCUT2D eigenvalue weighted by Gasteiger charge is -2.15. The van der Waals surface area contributed by atoms with Gasteiger partial charge in [-0.2, -0.15) is 0 Å². The predicted octanol–water partition coefficient (Wildman–Crippen LogP) is 3.29. The molecule has 1 N–H and O–H groups in total. The molecule has 0 aliphatic carbocycles. The third kappa shape index (κ3) is 3.81. The smallest absolute Gasteiger partial charge is 0.251 e. The molecule has 8 heteroatoms. The number of benzene rings is 1. The van der Waals surface area contributed by atoms with Crippen molar-refractivity contribution in [3.63, 3.8) is 0 Å². The zero-order chi connectivity index (χ0) is 18.6. The second-order valence-electron chi connectivity index (χ2n) is 5.42. The number of nitrogens with one attached hydrogen (secondary N) is 1. The van der Waals surface area contributed by atoms with Gasteiger partial charge in [0, 0.05) is 12.1 Å². The zero-order valence-electron chi connectivity index (χ0n) is 13.9. The van der Waals surface area contributed by atoms with E-state index in [2.05, 4.69) is 5.32 Å². The number of furan rings is 1. The highest BCUT2D eigenvalue weighted by atomic mass is 32.2. The lowest BCUT2D eigenvalue weighted by Crippen LogP contribution is -2.31. The number of amides is 1. The zero-order valence-corrected chi connectivity index (χ0v) is 15.5. The van der Waals surface area contributed by atoms with E-state index in [4.69, 9.17) is 9.15 Å². The molecule has 1 atom stereocenters. The molecular formula is C18H17NO5S2. The van der Waals surface area contributed by atoms with Crippen molar-refractivity contribution in [3.05, 3.63) is 71.5 Å². The first-order valence-corrected chi connectivity index (χ1v) is 10.2. The van der Waals surface area contributed by atoms with Crippen molar-refractivity contribution in [3.8, 4) is 5.75 Å². The highest BCUT2D eigenvalue weighted by Crippen LogP contribution is 2.31. The van der Waals surface area contributed by atoms with Crippen molar-refractivity contribution in [1.29, 1.82) is 0 Å². The number of ether oxygens (including phenoxy) is 1. The summed E-state index contributed by atoms with van der Waals surface area (Å²) in [6.45, 7) is -0.0986. The normalized spacial score (nSPS) is 12.5. The Hall–Kier alpha value is -2.58. The monoisotopic (exact) mass is 391 g/mol. The third-order valence-corrected chi connectivity index (χ3v) is 7.30. The van der Waals surface area contributed by atoms with Gasteiger partial charge in [0.2, 0.25) is 0 Å². The summed E-state index contributed by atoms with van der Waals surface area (Å²) in [4.78, 5) is 12.4. The number of thiophene rings is 1. The largest absolute Gasteiger partial charge is 0.497 e. The molecule has 0 saturated heterocycles. The number of hydrogen-bond donors (Lipinski definition) is 1. The molecule has 136 valence electrons. The van der Waals surface area contributed by atoms with Gasteiger partial charge in [-0.15, -0.1) is 11.3 Å². The fraction of sp³-hybridized carbons (Fsp3) is 0.167. The Bertz CT molecular complexity index is 946. The molecule has 0 fully saturated rings. The number of carbonyl (C=O) groups excluding carboxylic acids is 1. The quantitative estimate of drug-likeness (QED) is 0.668. The maximum atomic E-state index is 12.9. The maximum absolute atomic E-state index is 12.9. The summed E-state index contributed by atoms with van der Waals surface area (Å²) in [5.41, 5.74) is 0.414. The lowest BCUT2D eigenvalue weighted by atomic mass is 10.2. The SMILES string of the molecule is COc1ccc(C(=O)NC[C@H](c2ccco2)S(=O)(=O)c2cccs2)cc1. The van der Waals surface area contributed by atoms with Crippen LogP contribution in [0.2, 0.25) is 0 Å². The van der Waals surface area contributed by atoms with Crippen molar-refractivity contribution < 1.29 is 22.4 Å². The molecular weight excluding hydrogens is 374 g/mol. The van der Waals surface area contributed by atoms with Crippen LogP contribution in [0, 0.1) is 0 Å². The minimum absolute atomic E-state index is 0.0986. The van der Waals surface area contributed by atoms with Crippen LogP contribution in [0.3, 0.4) is 0 Å². The van der Waals surface area contributed by atoms with E-state index in [9.17, 15) is 13.2 Å². The standard InChI is InChI=1S/C18H17NO5S2/c1-23-14-8-6-13(7-9-14)18(20)19-12-16(15-4-2-10-24-15)26(21,22)17-5-3-11-25-17/h2-11,16H,12H2,1H3,(H,19,20)/t16-/m1/s1. The second kappa shape index (κ2) is 7.76. The molecule has 0 aliphatic rings. The van der Waals surface area contributed by atoms with Crippen molar-refractivity contribution in [2.24, 2.45) is 0 Å². The van der Waals surface area contributed by atoms with Crippen molar-refractivity contribution in [2.45, 2.75) is 9.46 Å². The van der Waals surface area contributed by atoms with E-state index in [0.29, 0.717) is 11.3 Å². The Balaban J connectivity index is 1.79. The summed E-state index contributed by atoms with van der Waals surface area (Å²) < 4.78 is 36.4. The molecule has 0 radical (unpaired) electrons. The van der Waals surface area contributed by atoms with Crippen LogP contribution in [-0.2, 0) is 9.84 Å². The van der Waals surface area contributed by atoms with Gasteiger partial charge in [-0.05, 0) is 47.8 Å². The molecule has 0 bridgehead atoms.